The molecular weight excluding hydrogens is 407 g/mol. The van der Waals surface area contributed by atoms with Gasteiger partial charge in [0.15, 0.2) is 6.61 Å². The van der Waals surface area contributed by atoms with E-state index in [1.165, 1.54) is 0 Å². The fraction of sp³-hybridized carbons (Fsp3) is 0.312. The number of likely N-dealkylation sites (N-methyl/N-ethyl adjacent to an activating group) is 1. The molecule has 122 valence electrons. The van der Waals surface area contributed by atoms with Crippen molar-refractivity contribution in [1.29, 1.82) is 0 Å². The maximum absolute atomic E-state index is 12.1. The lowest BCUT2D eigenvalue weighted by Crippen LogP contribution is -2.34. The van der Waals surface area contributed by atoms with E-state index in [0.717, 1.165) is 9.13 Å². The van der Waals surface area contributed by atoms with Gasteiger partial charge in [-0.2, -0.15) is 4.98 Å². The van der Waals surface area contributed by atoms with Crippen LogP contribution in [0.25, 0.3) is 11.3 Å². The molecule has 2 N–H and O–H groups in total. The maximum atomic E-state index is 12.1. The summed E-state index contributed by atoms with van der Waals surface area (Å²) in [5.74, 6) is 0.372. The Kier molecular flexibility index (Phi) is 6.14. The molecule has 0 bridgehead atoms. The molecule has 0 aliphatic rings. The van der Waals surface area contributed by atoms with Gasteiger partial charge in [0.2, 0.25) is 11.8 Å². The standard InChI is InChI=1S/C16H19IN4O2/c1-3-21(4-2)12(22)10-23-15-13(17)14(19-16(18)20-15)11-8-6-5-7-9-11/h5-9H,3-4,10H2,1-2H3,(H2,18,19,20). The zero-order valence-electron chi connectivity index (χ0n) is 13.1. The summed E-state index contributed by atoms with van der Waals surface area (Å²) in [5.41, 5.74) is 7.40. The molecule has 1 heterocycles. The first-order valence-corrected chi connectivity index (χ1v) is 8.43. The molecule has 0 atom stereocenters. The monoisotopic (exact) mass is 426 g/mol. The molecule has 0 saturated heterocycles. The van der Waals surface area contributed by atoms with Gasteiger partial charge in [-0.1, -0.05) is 30.3 Å². The van der Waals surface area contributed by atoms with Gasteiger partial charge in [0.25, 0.3) is 5.91 Å². The van der Waals surface area contributed by atoms with E-state index in [4.69, 9.17) is 10.5 Å². The number of amides is 1. The molecule has 7 heteroatoms. The molecule has 6 nitrogen and oxygen atoms in total. The van der Waals surface area contributed by atoms with Crippen molar-refractivity contribution in [2.45, 2.75) is 13.8 Å². The Morgan fingerprint density at radius 3 is 2.48 bits per heavy atom. The Labute approximate surface area is 149 Å². The van der Waals surface area contributed by atoms with Crippen LogP contribution in [0, 0.1) is 3.57 Å². The van der Waals surface area contributed by atoms with Crippen LogP contribution in [0.2, 0.25) is 0 Å². The first kappa shape index (κ1) is 17.5. The van der Waals surface area contributed by atoms with Crippen molar-refractivity contribution >= 4 is 34.4 Å². The molecule has 0 aliphatic carbocycles. The molecule has 1 aromatic carbocycles. The maximum Gasteiger partial charge on any atom is 0.260 e. The van der Waals surface area contributed by atoms with Crippen LogP contribution in [0.4, 0.5) is 5.95 Å². The molecule has 0 fully saturated rings. The average Bonchev–Trinajstić information content (AvgIpc) is 2.57. The summed E-state index contributed by atoms with van der Waals surface area (Å²) in [6.45, 7) is 5.10. The third kappa shape index (κ3) is 4.31. The van der Waals surface area contributed by atoms with E-state index in [-0.39, 0.29) is 18.5 Å². The molecule has 2 aromatic rings. The number of benzene rings is 1. The van der Waals surface area contributed by atoms with Gasteiger partial charge in [0.05, 0.1) is 5.69 Å². The van der Waals surface area contributed by atoms with Crippen LogP contribution in [0.3, 0.4) is 0 Å². The van der Waals surface area contributed by atoms with Crippen molar-refractivity contribution in [1.82, 2.24) is 14.9 Å². The van der Waals surface area contributed by atoms with E-state index in [1.807, 2.05) is 44.2 Å². The van der Waals surface area contributed by atoms with E-state index in [1.54, 1.807) is 4.90 Å². The Balaban J connectivity index is 2.23. The van der Waals surface area contributed by atoms with Crippen LogP contribution in [0.15, 0.2) is 30.3 Å². The lowest BCUT2D eigenvalue weighted by molar-refractivity contribution is -0.133. The highest BCUT2D eigenvalue weighted by Crippen LogP contribution is 2.29. The van der Waals surface area contributed by atoms with Gasteiger partial charge in [-0.15, -0.1) is 0 Å². The first-order valence-electron chi connectivity index (χ1n) is 7.35. The van der Waals surface area contributed by atoms with Gasteiger partial charge in [-0.25, -0.2) is 4.98 Å². The molecule has 2 rings (SSSR count). The highest BCUT2D eigenvalue weighted by molar-refractivity contribution is 14.1. The molecule has 0 radical (unpaired) electrons. The molecular formula is C16H19IN4O2. The summed E-state index contributed by atoms with van der Waals surface area (Å²) >= 11 is 2.11. The SMILES string of the molecule is CCN(CC)C(=O)COc1nc(N)nc(-c2ccccc2)c1I. The van der Waals surface area contributed by atoms with Crippen LogP contribution >= 0.6 is 22.6 Å². The molecule has 0 saturated carbocycles. The van der Waals surface area contributed by atoms with E-state index in [0.29, 0.717) is 24.7 Å². The second kappa shape index (κ2) is 8.09. The Bertz CT molecular complexity index is 675. The van der Waals surface area contributed by atoms with Crippen molar-refractivity contribution in [2.24, 2.45) is 0 Å². The topological polar surface area (TPSA) is 81.3 Å². The molecule has 0 unspecified atom stereocenters. The van der Waals surface area contributed by atoms with Crippen LogP contribution in [-0.4, -0.2) is 40.5 Å². The smallest absolute Gasteiger partial charge is 0.260 e. The highest BCUT2D eigenvalue weighted by Gasteiger charge is 2.16. The summed E-state index contributed by atoms with van der Waals surface area (Å²) < 4.78 is 6.33. The van der Waals surface area contributed by atoms with Gasteiger partial charge < -0.3 is 15.4 Å². The summed E-state index contributed by atoms with van der Waals surface area (Å²) in [5, 5.41) is 0. The fourth-order valence-corrected chi connectivity index (χ4v) is 2.83. The number of carbonyl (C=O) groups excluding carboxylic acids is 1. The minimum absolute atomic E-state index is 0.0671. The van der Waals surface area contributed by atoms with Crippen molar-refractivity contribution in [3.8, 4) is 17.1 Å². The minimum atomic E-state index is -0.0794. The number of rotatable bonds is 6. The summed E-state index contributed by atoms with van der Waals surface area (Å²) in [6, 6.07) is 9.66. The number of ether oxygens (including phenoxy) is 1. The normalized spacial score (nSPS) is 10.4. The van der Waals surface area contributed by atoms with E-state index >= 15 is 0 Å². The molecule has 0 spiro atoms. The number of nitrogens with two attached hydrogens (primary N) is 1. The number of nitrogens with zero attached hydrogens (tertiary/aromatic N) is 3. The fourth-order valence-electron chi connectivity index (χ4n) is 2.12. The van der Waals surface area contributed by atoms with E-state index in [2.05, 4.69) is 32.6 Å². The average molecular weight is 426 g/mol. The largest absolute Gasteiger partial charge is 0.467 e. The van der Waals surface area contributed by atoms with Crippen molar-refractivity contribution in [2.75, 3.05) is 25.4 Å². The lowest BCUT2D eigenvalue weighted by Gasteiger charge is -2.19. The second-order valence-corrected chi connectivity index (χ2v) is 5.85. The molecule has 1 amide bonds. The number of hydrogen-bond acceptors (Lipinski definition) is 5. The van der Waals surface area contributed by atoms with Crippen LogP contribution in [-0.2, 0) is 4.79 Å². The first-order chi connectivity index (χ1) is 11.1. The summed E-state index contributed by atoms with van der Waals surface area (Å²) in [7, 11) is 0. The number of anilines is 1. The van der Waals surface area contributed by atoms with Gasteiger partial charge in [-0.3, -0.25) is 4.79 Å². The van der Waals surface area contributed by atoms with E-state index in [9.17, 15) is 4.79 Å². The quantitative estimate of drug-likeness (QED) is 0.719. The molecule has 23 heavy (non-hydrogen) atoms. The lowest BCUT2D eigenvalue weighted by atomic mass is 10.1. The molecule has 1 aromatic heterocycles. The zero-order chi connectivity index (χ0) is 16.8. The summed E-state index contributed by atoms with van der Waals surface area (Å²) in [4.78, 5) is 22.1. The van der Waals surface area contributed by atoms with Crippen LogP contribution in [0.1, 0.15) is 13.8 Å². The zero-order valence-corrected chi connectivity index (χ0v) is 15.3. The van der Waals surface area contributed by atoms with Gasteiger partial charge in [0.1, 0.15) is 3.57 Å². The van der Waals surface area contributed by atoms with Crippen molar-refractivity contribution in [3.63, 3.8) is 0 Å². The second-order valence-electron chi connectivity index (χ2n) is 4.77. The Hall–Kier alpha value is -1.90. The van der Waals surface area contributed by atoms with Crippen LogP contribution < -0.4 is 10.5 Å². The van der Waals surface area contributed by atoms with Crippen molar-refractivity contribution < 1.29 is 9.53 Å². The minimum Gasteiger partial charge on any atom is -0.467 e. The number of carbonyl (C=O) groups is 1. The third-order valence-electron chi connectivity index (χ3n) is 3.33. The van der Waals surface area contributed by atoms with E-state index < -0.39 is 0 Å². The highest BCUT2D eigenvalue weighted by atomic mass is 127. The predicted molar refractivity (Wildman–Crippen MR) is 98.0 cm³/mol. The van der Waals surface area contributed by atoms with Crippen LogP contribution in [0.5, 0.6) is 5.88 Å². The van der Waals surface area contributed by atoms with Gasteiger partial charge in [0, 0.05) is 18.7 Å². The Morgan fingerprint density at radius 1 is 1.22 bits per heavy atom. The summed E-state index contributed by atoms with van der Waals surface area (Å²) in [6.07, 6.45) is 0. The number of aromatic nitrogens is 2. The Morgan fingerprint density at radius 2 is 1.87 bits per heavy atom. The number of hydrogen-bond donors (Lipinski definition) is 1. The van der Waals surface area contributed by atoms with Crippen molar-refractivity contribution in [3.05, 3.63) is 33.9 Å². The third-order valence-corrected chi connectivity index (χ3v) is 4.31. The number of halogens is 1. The van der Waals surface area contributed by atoms with Gasteiger partial charge in [-0.05, 0) is 36.4 Å². The molecule has 0 aliphatic heterocycles. The number of nitrogen functional groups attached to an aromatic ring is 1. The predicted octanol–water partition coefficient (Wildman–Crippen LogP) is 2.58. The van der Waals surface area contributed by atoms with Gasteiger partial charge >= 0.3 is 0 Å².